The molecule has 7 nitrogen and oxygen atoms in total. The third kappa shape index (κ3) is 4.96. The van der Waals surface area contributed by atoms with Crippen LogP contribution in [0.5, 0.6) is 0 Å². The molecule has 1 aliphatic rings. The van der Waals surface area contributed by atoms with Crippen LogP contribution >= 0.6 is 11.8 Å². The molecule has 0 aliphatic heterocycles. The summed E-state index contributed by atoms with van der Waals surface area (Å²) in [4.78, 5) is 41.7. The summed E-state index contributed by atoms with van der Waals surface area (Å²) in [5.74, 6) is -0.251. The normalized spacial score (nSPS) is 14.0. The van der Waals surface area contributed by atoms with Gasteiger partial charge in [-0.05, 0) is 43.2 Å². The van der Waals surface area contributed by atoms with Gasteiger partial charge in [-0.3, -0.25) is 19.0 Å². The van der Waals surface area contributed by atoms with Crippen molar-refractivity contribution >= 4 is 45.9 Å². The van der Waals surface area contributed by atoms with E-state index in [4.69, 9.17) is 4.98 Å². The number of benzene rings is 2. The van der Waals surface area contributed by atoms with Crippen molar-refractivity contribution in [3.05, 3.63) is 58.9 Å². The highest BCUT2D eigenvalue weighted by Gasteiger charge is 2.23. The highest BCUT2D eigenvalue weighted by molar-refractivity contribution is 7.99. The monoisotopic (exact) mass is 436 g/mol. The number of anilines is 2. The Hall–Kier alpha value is -3.13. The Labute approximate surface area is 184 Å². The molecule has 8 heteroatoms. The molecule has 0 radical (unpaired) electrons. The first-order chi connectivity index (χ1) is 15.0. The Bertz CT molecular complexity index is 1180. The van der Waals surface area contributed by atoms with E-state index in [1.165, 1.54) is 18.7 Å². The molecule has 0 atom stereocenters. The number of fused-ring (bicyclic) bond motifs is 1. The first-order valence-corrected chi connectivity index (χ1v) is 11.3. The van der Waals surface area contributed by atoms with Gasteiger partial charge in [-0.25, -0.2) is 4.98 Å². The van der Waals surface area contributed by atoms with E-state index in [0.29, 0.717) is 27.4 Å². The average Bonchev–Trinajstić information content (AvgIpc) is 3.26. The molecule has 1 aliphatic carbocycles. The van der Waals surface area contributed by atoms with E-state index in [-0.39, 0.29) is 29.2 Å². The van der Waals surface area contributed by atoms with Crippen LogP contribution < -0.4 is 16.2 Å². The summed E-state index contributed by atoms with van der Waals surface area (Å²) in [5, 5.41) is 6.73. The van der Waals surface area contributed by atoms with Crippen molar-refractivity contribution < 1.29 is 9.59 Å². The summed E-state index contributed by atoms with van der Waals surface area (Å²) >= 11 is 1.28. The molecule has 0 unspecified atom stereocenters. The van der Waals surface area contributed by atoms with Crippen molar-refractivity contribution in [3.63, 3.8) is 0 Å². The van der Waals surface area contributed by atoms with Crippen molar-refractivity contribution in [3.8, 4) is 0 Å². The third-order valence-electron chi connectivity index (χ3n) is 5.26. The largest absolute Gasteiger partial charge is 0.326 e. The van der Waals surface area contributed by atoms with Gasteiger partial charge in [0.05, 0.1) is 16.7 Å². The van der Waals surface area contributed by atoms with Crippen LogP contribution in [0.15, 0.2) is 58.5 Å². The second-order valence-corrected chi connectivity index (χ2v) is 8.57. The number of rotatable bonds is 6. The quantitative estimate of drug-likeness (QED) is 0.446. The number of thioether (sulfide) groups is 1. The number of nitrogens with zero attached hydrogens (tertiary/aromatic N) is 2. The van der Waals surface area contributed by atoms with Crippen molar-refractivity contribution in [2.75, 3.05) is 16.4 Å². The van der Waals surface area contributed by atoms with Gasteiger partial charge < -0.3 is 10.6 Å². The lowest BCUT2D eigenvalue weighted by Crippen LogP contribution is -2.27. The second-order valence-electron chi connectivity index (χ2n) is 7.62. The molecule has 31 heavy (non-hydrogen) atoms. The van der Waals surface area contributed by atoms with Crippen LogP contribution in [-0.2, 0) is 9.59 Å². The SMILES string of the molecule is CC(=O)Nc1cccc(NC(=O)CSc2nc3ccccc3c(=O)n2C2CCCC2)c1. The molecular formula is C23H24N4O3S. The molecule has 1 saturated carbocycles. The zero-order valence-electron chi connectivity index (χ0n) is 17.3. The summed E-state index contributed by atoms with van der Waals surface area (Å²) in [6, 6.07) is 14.4. The van der Waals surface area contributed by atoms with Gasteiger partial charge >= 0.3 is 0 Å². The fourth-order valence-corrected chi connectivity index (χ4v) is 4.78. The number of nitrogens with one attached hydrogen (secondary N) is 2. The van der Waals surface area contributed by atoms with Gasteiger partial charge in [0, 0.05) is 24.3 Å². The zero-order valence-corrected chi connectivity index (χ0v) is 18.1. The molecule has 3 aromatic rings. The predicted octanol–water partition coefficient (Wildman–Crippen LogP) is 4.20. The van der Waals surface area contributed by atoms with Crippen LogP contribution in [0.4, 0.5) is 11.4 Å². The second kappa shape index (κ2) is 9.34. The fraction of sp³-hybridized carbons (Fsp3) is 0.304. The molecule has 0 spiro atoms. The molecule has 1 heterocycles. The maximum atomic E-state index is 13.2. The maximum Gasteiger partial charge on any atom is 0.262 e. The minimum absolute atomic E-state index is 0.0385. The minimum atomic E-state index is -0.203. The lowest BCUT2D eigenvalue weighted by Gasteiger charge is -2.18. The van der Waals surface area contributed by atoms with Gasteiger partial charge in [-0.1, -0.05) is 42.8 Å². The molecule has 2 amide bonds. The van der Waals surface area contributed by atoms with Crippen LogP contribution in [0.25, 0.3) is 10.9 Å². The van der Waals surface area contributed by atoms with Gasteiger partial charge in [0.25, 0.3) is 5.56 Å². The summed E-state index contributed by atoms with van der Waals surface area (Å²) < 4.78 is 1.78. The van der Waals surface area contributed by atoms with Crippen LogP contribution in [0.2, 0.25) is 0 Å². The number of carbonyl (C=O) groups excluding carboxylic acids is 2. The molecule has 0 saturated heterocycles. The first kappa shape index (κ1) is 21.1. The van der Waals surface area contributed by atoms with Crippen LogP contribution in [-0.4, -0.2) is 27.1 Å². The summed E-state index contributed by atoms with van der Waals surface area (Å²) in [7, 11) is 0. The number of para-hydroxylation sites is 1. The van der Waals surface area contributed by atoms with Crippen molar-refractivity contribution in [1.29, 1.82) is 0 Å². The number of hydrogen-bond donors (Lipinski definition) is 2. The molecule has 1 aromatic heterocycles. The zero-order chi connectivity index (χ0) is 21.8. The van der Waals surface area contributed by atoms with Crippen LogP contribution in [0.1, 0.15) is 38.6 Å². The lowest BCUT2D eigenvalue weighted by molar-refractivity contribution is -0.114. The Kier molecular flexibility index (Phi) is 6.36. The highest BCUT2D eigenvalue weighted by Crippen LogP contribution is 2.32. The van der Waals surface area contributed by atoms with Crippen molar-refractivity contribution in [2.24, 2.45) is 0 Å². The molecule has 4 rings (SSSR count). The van der Waals surface area contributed by atoms with Gasteiger partial charge in [0.1, 0.15) is 0 Å². The standard InChI is InChI=1S/C23H24N4O3S/c1-15(28)24-16-7-6-8-17(13-16)25-21(29)14-31-23-26-20-12-5-4-11-19(20)22(30)27(23)18-9-2-3-10-18/h4-8,11-13,18H,2-3,9-10,14H2,1H3,(H,24,28)(H,25,29). The average molecular weight is 437 g/mol. The van der Waals surface area contributed by atoms with E-state index < -0.39 is 0 Å². The van der Waals surface area contributed by atoms with E-state index in [0.717, 1.165) is 25.7 Å². The number of aromatic nitrogens is 2. The molecule has 160 valence electrons. The Morgan fingerprint density at radius 3 is 2.52 bits per heavy atom. The Morgan fingerprint density at radius 2 is 1.77 bits per heavy atom. The lowest BCUT2D eigenvalue weighted by atomic mass is 10.2. The highest BCUT2D eigenvalue weighted by atomic mass is 32.2. The first-order valence-electron chi connectivity index (χ1n) is 10.3. The molecule has 2 aromatic carbocycles. The van der Waals surface area contributed by atoms with Crippen LogP contribution in [0, 0.1) is 0 Å². The maximum absolute atomic E-state index is 13.2. The topological polar surface area (TPSA) is 93.1 Å². The van der Waals surface area contributed by atoms with Crippen LogP contribution in [0.3, 0.4) is 0 Å². The van der Waals surface area contributed by atoms with E-state index in [2.05, 4.69) is 10.6 Å². The fourth-order valence-electron chi connectivity index (χ4n) is 3.92. The number of hydrogen-bond acceptors (Lipinski definition) is 5. The number of carbonyl (C=O) groups is 2. The van der Waals surface area contributed by atoms with Gasteiger partial charge in [-0.15, -0.1) is 0 Å². The molecule has 1 fully saturated rings. The van der Waals surface area contributed by atoms with Crippen molar-refractivity contribution in [1.82, 2.24) is 9.55 Å². The Morgan fingerprint density at radius 1 is 1.06 bits per heavy atom. The summed E-state index contributed by atoms with van der Waals surface area (Å²) in [6.45, 7) is 1.43. The van der Waals surface area contributed by atoms with Crippen molar-refractivity contribution in [2.45, 2.75) is 43.8 Å². The molecule has 2 N–H and O–H groups in total. The molecular weight excluding hydrogens is 412 g/mol. The third-order valence-corrected chi connectivity index (χ3v) is 6.22. The number of amides is 2. The van der Waals surface area contributed by atoms with E-state index in [9.17, 15) is 14.4 Å². The van der Waals surface area contributed by atoms with E-state index >= 15 is 0 Å². The predicted molar refractivity (Wildman–Crippen MR) is 124 cm³/mol. The minimum Gasteiger partial charge on any atom is -0.326 e. The smallest absolute Gasteiger partial charge is 0.262 e. The molecule has 0 bridgehead atoms. The van der Waals surface area contributed by atoms with E-state index in [1.807, 2.05) is 18.2 Å². The van der Waals surface area contributed by atoms with Gasteiger partial charge in [-0.2, -0.15) is 0 Å². The summed E-state index contributed by atoms with van der Waals surface area (Å²) in [5.41, 5.74) is 1.82. The Balaban J connectivity index is 1.53. The van der Waals surface area contributed by atoms with Gasteiger partial charge in [0.2, 0.25) is 11.8 Å². The summed E-state index contributed by atoms with van der Waals surface area (Å²) in [6.07, 6.45) is 4.10. The van der Waals surface area contributed by atoms with E-state index in [1.54, 1.807) is 34.9 Å². The van der Waals surface area contributed by atoms with Gasteiger partial charge in [0.15, 0.2) is 5.16 Å².